The second kappa shape index (κ2) is 6.24. The van der Waals surface area contributed by atoms with E-state index in [0.29, 0.717) is 11.8 Å². The molecule has 5 heteroatoms. The summed E-state index contributed by atoms with van der Waals surface area (Å²) in [5.74, 6) is 2.24. The topological polar surface area (TPSA) is 62.8 Å². The molecule has 0 bridgehead atoms. The van der Waals surface area contributed by atoms with Crippen LogP contribution >= 0.6 is 0 Å². The fourth-order valence-corrected chi connectivity index (χ4v) is 3.15. The van der Waals surface area contributed by atoms with Gasteiger partial charge in [-0.25, -0.2) is 9.97 Å². The van der Waals surface area contributed by atoms with Crippen molar-refractivity contribution in [2.75, 3.05) is 13.1 Å². The molecule has 5 nitrogen and oxygen atoms in total. The maximum atomic E-state index is 5.60. The van der Waals surface area contributed by atoms with Crippen LogP contribution in [0.3, 0.4) is 0 Å². The first-order valence-corrected chi connectivity index (χ1v) is 8.52. The predicted molar refractivity (Wildman–Crippen MR) is 95.3 cm³/mol. The number of rotatable bonds is 4. The first-order chi connectivity index (χ1) is 11.7. The number of ether oxygens (including phenoxy) is 1. The fraction of sp³-hybridized carbons (Fsp3) is 0.368. The monoisotopic (exact) mass is 322 g/mol. The summed E-state index contributed by atoms with van der Waals surface area (Å²) in [5.41, 5.74) is 4.31. The summed E-state index contributed by atoms with van der Waals surface area (Å²) in [7, 11) is 0. The number of benzene rings is 1. The molecule has 4 rings (SSSR count). The molecule has 3 aromatic rings. The molecule has 2 aromatic heterocycles. The summed E-state index contributed by atoms with van der Waals surface area (Å²) in [4.78, 5) is 12.6. The molecule has 1 fully saturated rings. The molecule has 24 heavy (non-hydrogen) atoms. The lowest BCUT2D eigenvalue weighted by molar-refractivity contribution is 0.232. The van der Waals surface area contributed by atoms with Gasteiger partial charge in [0.05, 0.1) is 17.1 Å². The van der Waals surface area contributed by atoms with E-state index in [9.17, 15) is 0 Å². The van der Waals surface area contributed by atoms with Crippen molar-refractivity contribution in [3.8, 4) is 17.0 Å². The van der Waals surface area contributed by atoms with Crippen molar-refractivity contribution in [3.05, 3.63) is 42.4 Å². The molecule has 0 amide bonds. The number of aromatic amines is 1. The second-order valence-electron chi connectivity index (χ2n) is 6.60. The number of nitrogens with one attached hydrogen (secondary N) is 2. The largest absolute Gasteiger partial charge is 0.475 e. The Morgan fingerprint density at radius 3 is 2.75 bits per heavy atom. The van der Waals surface area contributed by atoms with Gasteiger partial charge in [0.1, 0.15) is 5.82 Å². The third kappa shape index (κ3) is 2.99. The molecule has 2 N–H and O–H groups in total. The summed E-state index contributed by atoms with van der Waals surface area (Å²) < 4.78 is 5.60. The highest BCUT2D eigenvalue weighted by Gasteiger charge is 2.20. The molecular weight excluding hydrogens is 300 g/mol. The van der Waals surface area contributed by atoms with E-state index in [1.165, 1.54) is 0 Å². The van der Waals surface area contributed by atoms with Gasteiger partial charge in [0.25, 0.3) is 0 Å². The van der Waals surface area contributed by atoms with E-state index in [4.69, 9.17) is 9.72 Å². The predicted octanol–water partition coefficient (Wildman–Crippen LogP) is 3.49. The van der Waals surface area contributed by atoms with Gasteiger partial charge in [0.2, 0.25) is 5.88 Å². The normalized spacial score (nSPS) is 17.7. The van der Waals surface area contributed by atoms with Crippen molar-refractivity contribution in [2.24, 2.45) is 0 Å². The fourth-order valence-electron chi connectivity index (χ4n) is 3.15. The van der Waals surface area contributed by atoms with Crippen molar-refractivity contribution in [1.29, 1.82) is 0 Å². The van der Waals surface area contributed by atoms with Crippen molar-refractivity contribution in [2.45, 2.75) is 32.3 Å². The number of H-pyrrole nitrogens is 1. The van der Waals surface area contributed by atoms with Crippen LogP contribution in [-0.2, 0) is 0 Å². The Balaban J connectivity index is 1.62. The zero-order valence-corrected chi connectivity index (χ0v) is 14.0. The van der Waals surface area contributed by atoms with Gasteiger partial charge in [-0.3, -0.25) is 0 Å². The maximum Gasteiger partial charge on any atom is 0.213 e. The number of pyridine rings is 1. The molecule has 1 atom stereocenters. The molecule has 0 spiro atoms. The van der Waals surface area contributed by atoms with Crippen molar-refractivity contribution in [1.82, 2.24) is 20.3 Å². The Morgan fingerprint density at radius 2 is 2.04 bits per heavy atom. The molecule has 1 aliphatic rings. The Bertz CT molecular complexity index is 832. The number of hydrogen-bond acceptors (Lipinski definition) is 4. The summed E-state index contributed by atoms with van der Waals surface area (Å²) >= 11 is 0. The van der Waals surface area contributed by atoms with Gasteiger partial charge in [-0.05, 0) is 50.6 Å². The van der Waals surface area contributed by atoms with Gasteiger partial charge in [0, 0.05) is 30.3 Å². The summed E-state index contributed by atoms with van der Waals surface area (Å²) in [6.07, 6.45) is 3.14. The molecule has 124 valence electrons. The highest BCUT2D eigenvalue weighted by atomic mass is 16.5. The number of fused-ring (bicyclic) bond motifs is 1. The van der Waals surface area contributed by atoms with E-state index in [-0.39, 0.29) is 6.10 Å². The average Bonchev–Trinajstić information content (AvgIpc) is 3.23. The SMILES string of the molecule is CC(C)Oc1ccc(-c2ccc3nc(C4CCNC4)[nH]c3c2)cn1. The molecule has 0 radical (unpaired) electrons. The molecular formula is C19H22N4O. The van der Waals surface area contributed by atoms with Crippen molar-refractivity contribution < 1.29 is 4.74 Å². The number of nitrogens with zero attached hydrogens (tertiary/aromatic N) is 2. The van der Waals surface area contributed by atoms with Gasteiger partial charge in [-0.2, -0.15) is 0 Å². The van der Waals surface area contributed by atoms with E-state index >= 15 is 0 Å². The minimum atomic E-state index is 0.133. The van der Waals surface area contributed by atoms with Gasteiger partial charge in [-0.15, -0.1) is 0 Å². The number of aromatic nitrogens is 3. The zero-order chi connectivity index (χ0) is 16.5. The molecule has 3 heterocycles. The third-order valence-electron chi connectivity index (χ3n) is 4.37. The Hall–Kier alpha value is -2.40. The standard InChI is InChI=1S/C19H22N4O/c1-12(2)24-18-6-4-14(11-21-18)13-3-5-16-17(9-13)23-19(22-16)15-7-8-20-10-15/h3-6,9,11-12,15,20H,7-8,10H2,1-2H3,(H,22,23). The smallest absolute Gasteiger partial charge is 0.213 e. The highest BCUT2D eigenvalue weighted by Crippen LogP contribution is 2.27. The van der Waals surface area contributed by atoms with Crippen LogP contribution in [0.2, 0.25) is 0 Å². The number of hydrogen-bond donors (Lipinski definition) is 2. The summed E-state index contributed by atoms with van der Waals surface area (Å²) in [6, 6.07) is 10.3. The van der Waals surface area contributed by atoms with Crippen LogP contribution in [0.25, 0.3) is 22.2 Å². The maximum absolute atomic E-state index is 5.60. The van der Waals surface area contributed by atoms with Crippen molar-refractivity contribution >= 4 is 11.0 Å². The number of imidazole rings is 1. The van der Waals surface area contributed by atoms with Crippen LogP contribution < -0.4 is 10.1 Å². The summed E-state index contributed by atoms with van der Waals surface area (Å²) in [6.45, 7) is 6.08. The lowest BCUT2D eigenvalue weighted by Crippen LogP contribution is -2.08. The van der Waals surface area contributed by atoms with Crippen LogP contribution in [0.15, 0.2) is 36.5 Å². The summed E-state index contributed by atoms with van der Waals surface area (Å²) in [5, 5.41) is 3.39. The van der Waals surface area contributed by atoms with Gasteiger partial charge in [-0.1, -0.05) is 6.07 Å². The zero-order valence-electron chi connectivity index (χ0n) is 14.0. The van der Waals surface area contributed by atoms with Crippen LogP contribution in [0.4, 0.5) is 0 Å². The lowest BCUT2D eigenvalue weighted by Gasteiger charge is -2.09. The van der Waals surface area contributed by atoms with Crippen molar-refractivity contribution in [3.63, 3.8) is 0 Å². The van der Waals surface area contributed by atoms with Gasteiger partial charge >= 0.3 is 0 Å². The second-order valence-corrected chi connectivity index (χ2v) is 6.60. The Kier molecular flexibility index (Phi) is 3.94. The third-order valence-corrected chi connectivity index (χ3v) is 4.37. The minimum absolute atomic E-state index is 0.133. The van der Waals surface area contributed by atoms with E-state index in [1.54, 1.807) is 0 Å². The molecule has 1 aromatic carbocycles. The van der Waals surface area contributed by atoms with E-state index < -0.39 is 0 Å². The lowest BCUT2D eigenvalue weighted by atomic mass is 10.1. The first kappa shape index (κ1) is 15.1. The van der Waals surface area contributed by atoms with Crippen LogP contribution in [0, 0.1) is 0 Å². The molecule has 1 saturated heterocycles. The first-order valence-electron chi connectivity index (χ1n) is 8.52. The van der Waals surface area contributed by atoms with Crippen LogP contribution in [0.1, 0.15) is 32.0 Å². The van der Waals surface area contributed by atoms with Gasteiger partial charge < -0.3 is 15.0 Å². The van der Waals surface area contributed by atoms with E-state index in [1.807, 2.05) is 32.2 Å². The highest BCUT2D eigenvalue weighted by molar-refractivity contribution is 5.82. The average molecular weight is 322 g/mol. The molecule has 1 unspecified atom stereocenters. The van der Waals surface area contributed by atoms with E-state index in [2.05, 4.69) is 33.5 Å². The molecule has 1 aliphatic heterocycles. The Morgan fingerprint density at radius 1 is 1.17 bits per heavy atom. The molecule has 0 saturated carbocycles. The van der Waals surface area contributed by atoms with Crippen LogP contribution in [0.5, 0.6) is 5.88 Å². The quantitative estimate of drug-likeness (QED) is 0.772. The van der Waals surface area contributed by atoms with Crippen LogP contribution in [-0.4, -0.2) is 34.1 Å². The molecule has 0 aliphatic carbocycles. The van der Waals surface area contributed by atoms with E-state index in [0.717, 1.165) is 47.5 Å². The van der Waals surface area contributed by atoms with Gasteiger partial charge in [0.15, 0.2) is 0 Å². The minimum Gasteiger partial charge on any atom is -0.475 e. The Labute approximate surface area is 141 Å².